The summed E-state index contributed by atoms with van der Waals surface area (Å²) in [6.07, 6.45) is 4.76. The molecule has 1 unspecified atom stereocenters. The lowest BCUT2D eigenvalue weighted by molar-refractivity contribution is -0.117. The van der Waals surface area contributed by atoms with Gasteiger partial charge in [-0.25, -0.2) is 18.4 Å². The zero-order valence-electron chi connectivity index (χ0n) is 20.2. The fourth-order valence-corrected chi connectivity index (χ4v) is 4.37. The number of hydrogen-bond donors (Lipinski definition) is 3. The zero-order valence-corrected chi connectivity index (χ0v) is 20.2. The zero-order chi connectivity index (χ0) is 26.7. The van der Waals surface area contributed by atoms with Crippen molar-refractivity contribution in [2.24, 2.45) is 5.73 Å². The maximum absolute atomic E-state index is 14.7. The number of anilines is 1. The van der Waals surface area contributed by atoms with Crippen LogP contribution in [0.1, 0.15) is 11.1 Å². The van der Waals surface area contributed by atoms with Gasteiger partial charge in [0.2, 0.25) is 5.91 Å². The first-order valence-corrected chi connectivity index (χ1v) is 11.9. The minimum Gasteiger partial charge on any atom is -0.381 e. The van der Waals surface area contributed by atoms with E-state index in [-0.39, 0.29) is 24.6 Å². The van der Waals surface area contributed by atoms with Gasteiger partial charge in [-0.15, -0.1) is 0 Å². The second-order valence-electron chi connectivity index (χ2n) is 9.13. The van der Waals surface area contributed by atoms with Gasteiger partial charge >= 0.3 is 0 Å². The first-order valence-electron chi connectivity index (χ1n) is 11.9. The Labute approximate surface area is 216 Å². The lowest BCUT2D eigenvalue weighted by Crippen LogP contribution is -2.37. The molecule has 4 N–H and O–H groups in total. The van der Waals surface area contributed by atoms with Gasteiger partial charge < -0.3 is 16.2 Å². The van der Waals surface area contributed by atoms with Gasteiger partial charge in [-0.2, -0.15) is 10.2 Å². The number of aliphatic hydroxyl groups is 1. The van der Waals surface area contributed by atoms with Crippen LogP contribution in [0.25, 0.3) is 10.9 Å². The molecule has 194 valence electrons. The van der Waals surface area contributed by atoms with Crippen LogP contribution >= 0.6 is 0 Å². The predicted molar refractivity (Wildman–Crippen MR) is 137 cm³/mol. The molecular formula is C27H25F2N7O2. The number of halogens is 2. The highest BCUT2D eigenvalue weighted by Crippen LogP contribution is 2.29. The van der Waals surface area contributed by atoms with E-state index in [1.165, 1.54) is 28.1 Å². The first-order chi connectivity index (χ1) is 18.3. The van der Waals surface area contributed by atoms with Crippen LogP contribution in [0.2, 0.25) is 0 Å². The second kappa shape index (κ2) is 10.5. The van der Waals surface area contributed by atoms with E-state index in [0.29, 0.717) is 23.0 Å². The number of benzene rings is 3. The summed E-state index contributed by atoms with van der Waals surface area (Å²) in [5, 5.41) is 23.6. The summed E-state index contributed by atoms with van der Waals surface area (Å²) in [7, 11) is 0. The van der Waals surface area contributed by atoms with Crippen molar-refractivity contribution in [3.63, 3.8) is 0 Å². The SMILES string of the molecule is N[C@@H](Cc1ccccc1)C(=O)Nc1ccc2nn(CC(O)(Cn3cncn3)c3ccc(F)cc3F)cc2c1. The van der Waals surface area contributed by atoms with E-state index in [0.717, 1.165) is 17.7 Å². The average molecular weight is 518 g/mol. The molecule has 0 saturated carbocycles. The molecule has 11 heteroatoms. The van der Waals surface area contributed by atoms with Crippen LogP contribution in [-0.4, -0.2) is 41.6 Å². The van der Waals surface area contributed by atoms with Gasteiger partial charge in [0.25, 0.3) is 0 Å². The highest BCUT2D eigenvalue weighted by molar-refractivity contribution is 5.96. The summed E-state index contributed by atoms with van der Waals surface area (Å²) in [6.45, 7) is -0.305. The molecule has 0 fully saturated rings. The summed E-state index contributed by atoms with van der Waals surface area (Å²) < 4.78 is 31.1. The molecule has 0 aliphatic heterocycles. The maximum atomic E-state index is 14.7. The summed E-state index contributed by atoms with van der Waals surface area (Å²) >= 11 is 0. The lowest BCUT2D eigenvalue weighted by Gasteiger charge is -2.28. The molecule has 2 atom stereocenters. The van der Waals surface area contributed by atoms with Crippen LogP contribution in [0.3, 0.4) is 0 Å². The Morgan fingerprint density at radius 2 is 1.84 bits per heavy atom. The molecule has 0 radical (unpaired) electrons. The fourth-order valence-electron chi connectivity index (χ4n) is 4.37. The van der Waals surface area contributed by atoms with Crippen LogP contribution in [0.15, 0.2) is 85.6 Å². The molecule has 0 bridgehead atoms. The molecule has 9 nitrogen and oxygen atoms in total. The van der Waals surface area contributed by atoms with Crippen molar-refractivity contribution in [2.45, 2.75) is 31.2 Å². The summed E-state index contributed by atoms with van der Waals surface area (Å²) in [5.74, 6) is -1.96. The van der Waals surface area contributed by atoms with E-state index < -0.39 is 23.3 Å². The predicted octanol–water partition coefficient (Wildman–Crippen LogP) is 3.00. The van der Waals surface area contributed by atoms with Crippen molar-refractivity contribution < 1.29 is 18.7 Å². The van der Waals surface area contributed by atoms with Gasteiger partial charge in [-0.1, -0.05) is 36.4 Å². The van der Waals surface area contributed by atoms with Gasteiger partial charge in [0, 0.05) is 28.9 Å². The van der Waals surface area contributed by atoms with E-state index >= 15 is 0 Å². The third-order valence-corrected chi connectivity index (χ3v) is 6.20. The monoisotopic (exact) mass is 517 g/mol. The van der Waals surface area contributed by atoms with Gasteiger partial charge in [0.15, 0.2) is 0 Å². The molecular weight excluding hydrogens is 492 g/mol. The van der Waals surface area contributed by atoms with Crippen LogP contribution in [0.4, 0.5) is 14.5 Å². The van der Waals surface area contributed by atoms with Crippen LogP contribution in [-0.2, 0) is 29.9 Å². The molecule has 3 aromatic carbocycles. The Morgan fingerprint density at radius 1 is 1.05 bits per heavy atom. The third-order valence-electron chi connectivity index (χ3n) is 6.20. The maximum Gasteiger partial charge on any atom is 0.241 e. The van der Waals surface area contributed by atoms with Crippen molar-refractivity contribution >= 4 is 22.5 Å². The van der Waals surface area contributed by atoms with E-state index in [1.807, 2.05) is 30.3 Å². The van der Waals surface area contributed by atoms with E-state index in [4.69, 9.17) is 5.73 Å². The average Bonchev–Trinajstić information content (AvgIpc) is 3.53. The summed E-state index contributed by atoms with van der Waals surface area (Å²) in [6, 6.07) is 17.0. The Hall–Kier alpha value is -4.48. The number of nitrogens with two attached hydrogens (primary N) is 1. The van der Waals surface area contributed by atoms with E-state index in [2.05, 4.69) is 20.5 Å². The number of carbonyl (C=O) groups excluding carboxylic acids is 1. The smallest absolute Gasteiger partial charge is 0.241 e. The number of hydrogen-bond acceptors (Lipinski definition) is 6. The van der Waals surface area contributed by atoms with Gasteiger partial charge in [-0.05, 0) is 36.2 Å². The topological polar surface area (TPSA) is 124 Å². The number of carbonyl (C=O) groups is 1. The van der Waals surface area contributed by atoms with Gasteiger partial charge in [-0.3, -0.25) is 9.48 Å². The van der Waals surface area contributed by atoms with E-state index in [9.17, 15) is 18.7 Å². The summed E-state index contributed by atoms with van der Waals surface area (Å²) in [5.41, 5.74) is 6.26. The fraction of sp³-hybridized carbons (Fsp3) is 0.185. The van der Waals surface area contributed by atoms with E-state index in [1.54, 1.807) is 24.4 Å². The molecule has 5 aromatic rings. The van der Waals surface area contributed by atoms with Crippen molar-refractivity contribution in [1.82, 2.24) is 24.5 Å². The van der Waals surface area contributed by atoms with Crippen molar-refractivity contribution in [3.8, 4) is 0 Å². The highest BCUT2D eigenvalue weighted by atomic mass is 19.1. The molecule has 1 amide bonds. The van der Waals surface area contributed by atoms with Crippen LogP contribution in [0, 0.1) is 11.6 Å². The lowest BCUT2D eigenvalue weighted by atomic mass is 9.93. The normalized spacial score (nSPS) is 13.8. The van der Waals surface area contributed by atoms with Gasteiger partial charge in [0.05, 0.1) is 24.6 Å². The van der Waals surface area contributed by atoms with Gasteiger partial charge in [0.1, 0.15) is 29.9 Å². The molecule has 5 rings (SSSR count). The number of fused-ring (bicyclic) bond motifs is 1. The molecule has 38 heavy (non-hydrogen) atoms. The Bertz CT molecular complexity index is 1560. The van der Waals surface area contributed by atoms with Crippen molar-refractivity contribution in [1.29, 1.82) is 0 Å². The number of aromatic nitrogens is 5. The largest absolute Gasteiger partial charge is 0.381 e. The molecule has 0 aliphatic rings. The Balaban J connectivity index is 1.36. The summed E-state index contributed by atoms with van der Waals surface area (Å²) in [4.78, 5) is 16.5. The standard InChI is InChI=1S/C27H25F2N7O2/c28-20-6-8-22(23(29)12-20)27(38,15-36-17-31-16-32-36)14-35-13-19-11-21(7-9-25(19)34-35)33-26(37)24(30)10-18-4-2-1-3-5-18/h1-9,11-13,16-17,24,38H,10,14-15,30H2,(H,33,37)/t24-,27?/m0/s1. The third kappa shape index (κ3) is 5.58. The number of rotatable bonds is 9. The van der Waals surface area contributed by atoms with Crippen molar-refractivity contribution in [2.75, 3.05) is 5.32 Å². The van der Waals surface area contributed by atoms with Crippen LogP contribution < -0.4 is 11.1 Å². The van der Waals surface area contributed by atoms with Crippen molar-refractivity contribution in [3.05, 3.63) is 108 Å². The minimum atomic E-state index is -1.82. The second-order valence-corrected chi connectivity index (χ2v) is 9.13. The number of amides is 1. The number of nitrogens with zero attached hydrogens (tertiary/aromatic N) is 5. The number of nitrogens with one attached hydrogen (secondary N) is 1. The quantitative estimate of drug-likeness (QED) is 0.276. The Morgan fingerprint density at radius 3 is 2.58 bits per heavy atom. The highest BCUT2D eigenvalue weighted by Gasteiger charge is 2.34. The molecule has 0 saturated heterocycles. The minimum absolute atomic E-state index is 0.102. The molecule has 0 aliphatic carbocycles. The molecule has 2 heterocycles. The molecule has 0 spiro atoms. The Kier molecular flexibility index (Phi) is 6.95. The van der Waals surface area contributed by atoms with Crippen LogP contribution in [0.5, 0.6) is 0 Å². The molecule has 2 aromatic heterocycles. The first kappa shape index (κ1) is 25.2.